The summed E-state index contributed by atoms with van der Waals surface area (Å²) in [6, 6.07) is 2.68. The fourth-order valence-corrected chi connectivity index (χ4v) is 1.18. The summed E-state index contributed by atoms with van der Waals surface area (Å²) in [6.07, 6.45) is 0.411. The summed E-state index contributed by atoms with van der Waals surface area (Å²) in [5, 5.41) is 20.2. The van der Waals surface area contributed by atoms with Gasteiger partial charge >= 0.3 is 5.97 Å². The first-order valence-electron chi connectivity index (χ1n) is 4.82. The monoisotopic (exact) mass is 220 g/mol. The lowest BCUT2D eigenvalue weighted by Gasteiger charge is -2.12. The molecule has 0 aromatic carbocycles. The normalized spacial score (nSPS) is 11.6. The molecular weight excluding hydrogens is 208 g/mol. The molecule has 0 saturated carbocycles. The number of nitriles is 1. The van der Waals surface area contributed by atoms with E-state index in [9.17, 15) is 4.79 Å². The van der Waals surface area contributed by atoms with Gasteiger partial charge in [-0.1, -0.05) is 6.92 Å². The molecule has 0 amide bonds. The number of carboxylic acids is 1. The van der Waals surface area contributed by atoms with Gasteiger partial charge in [0.1, 0.15) is 17.8 Å². The lowest BCUT2D eigenvalue weighted by molar-refractivity contribution is -0.138. The number of nitrogens with one attached hydrogen (secondary N) is 1. The number of hydrogen-bond donors (Lipinski definition) is 2. The van der Waals surface area contributed by atoms with Crippen molar-refractivity contribution >= 4 is 11.9 Å². The van der Waals surface area contributed by atoms with Gasteiger partial charge in [0.05, 0.1) is 0 Å². The highest BCUT2D eigenvalue weighted by molar-refractivity contribution is 5.76. The van der Waals surface area contributed by atoms with Gasteiger partial charge in [0.25, 0.3) is 0 Å². The molecule has 0 radical (unpaired) electrons. The molecule has 1 atom stereocenters. The fourth-order valence-electron chi connectivity index (χ4n) is 1.18. The Labute approximate surface area is 93.0 Å². The maximum Gasteiger partial charge on any atom is 0.326 e. The standard InChI is InChI=1S/C10H12N4O2/c1-3-8(9(15)16)14-10-12-6(2)4-7(5-11)13-10/h4,8H,3H2,1-2H3,(H,15,16)(H,12,13,14). The first-order valence-corrected chi connectivity index (χ1v) is 4.82. The highest BCUT2D eigenvalue weighted by atomic mass is 16.4. The fraction of sp³-hybridized carbons (Fsp3) is 0.400. The molecule has 0 fully saturated rings. The SMILES string of the molecule is CCC(Nc1nc(C)cc(C#N)n1)C(=O)O. The van der Waals surface area contributed by atoms with E-state index >= 15 is 0 Å². The third kappa shape index (κ3) is 2.92. The van der Waals surface area contributed by atoms with Crippen molar-refractivity contribution in [3.63, 3.8) is 0 Å². The number of rotatable bonds is 4. The summed E-state index contributed by atoms with van der Waals surface area (Å²) >= 11 is 0. The van der Waals surface area contributed by atoms with Crippen molar-refractivity contribution in [3.05, 3.63) is 17.5 Å². The van der Waals surface area contributed by atoms with Crippen LogP contribution in [0.3, 0.4) is 0 Å². The van der Waals surface area contributed by atoms with E-state index in [-0.39, 0.29) is 11.6 Å². The number of anilines is 1. The van der Waals surface area contributed by atoms with Crippen molar-refractivity contribution in [1.29, 1.82) is 5.26 Å². The van der Waals surface area contributed by atoms with Crippen LogP contribution in [0.4, 0.5) is 5.95 Å². The Morgan fingerprint density at radius 3 is 2.88 bits per heavy atom. The van der Waals surface area contributed by atoms with Gasteiger partial charge < -0.3 is 10.4 Å². The number of aliphatic carboxylic acids is 1. The summed E-state index contributed by atoms with van der Waals surface area (Å²) in [5.74, 6) is -0.795. The van der Waals surface area contributed by atoms with Gasteiger partial charge in [0.2, 0.25) is 5.95 Å². The molecule has 16 heavy (non-hydrogen) atoms. The van der Waals surface area contributed by atoms with Crippen LogP contribution in [0, 0.1) is 18.3 Å². The lowest BCUT2D eigenvalue weighted by Crippen LogP contribution is -2.29. The lowest BCUT2D eigenvalue weighted by atomic mass is 10.2. The Bertz CT molecular complexity index is 439. The minimum atomic E-state index is -0.967. The minimum Gasteiger partial charge on any atom is -0.480 e. The van der Waals surface area contributed by atoms with Crippen LogP contribution >= 0.6 is 0 Å². The number of aryl methyl sites for hydroxylation is 1. The molecule has 0 aliphatic heterocycles. The van der Waals surface area contributed by atoms with Crippen molar-refractivity contribution in [3.8, 4) is 6.07 Å². The van der Waals surface area contributed by atoms with Crippen LogP contribution in [0.1, 0.15) is 24.7 Å². The number of hydrogen-bond acceptors (Lipinski definition) is 5. The molecular formula is C10H12N4O2. The van der Waals surface area contributed by atoms with Gasteiger partial charge in [-0.15, -0.1) is 0 Å². The number of carbonyl (C=O) groups is 1. The van der Waals surface area contributed by atoms with Gasteiger partial charge in [0.15, 0.2) is 0 Å². The molecule has 1 aromatic heterocycles. The van der Waals surface area contributed by atoms with Crippen LogP contribution in [0.2, 0.25) is 0 Å². The Morgan fingerprint density at radius 1 is 1.69 bits per heavy atom. The zero-order chi connectivity index (χ0) is 12.1. The smallest absolute Gasteiger partial charge is 0.326 e. The summed E-state index contributed by atoms with van der Waals surface area (Å²) < 4.78 is 0. The second-order valence-electron chi connectivity index (χ2n) is 3.27. The van der Waals surface area contributed by atoms with E-state index in [0.29, 0.717) is 12.1 Å². The van der Waals surface area contributed by atoms with E-state index in [1.807, 2.05) is 6.07 Å². The third-order valence-corrected chi connectivity index (χ3v) is 1.98. The first-order chi connectivity index (χ1) is 7.56. The van der Waals surface area contributed by atoms with Gasteiger partial charge in [-0.3, -0.25) is 0 Å². The minimum absolute atomic E-state index is 0.172. The molecule has 0 saturated heterocycles. The molecule has 84 valence electrons. The van der Waals surface area contributed by atoms with E-state index < -0.39 is 12.0 Å². The predicted octanol–water partition coefficient (Wildman–Crippen LogP) is 0.932. The van der Waals surface area contributed by atoms with Crippen LogP contribution in [-0.4, -0.2) is 27.1 Å². The highest BCUT2D eigenvalue weighted by Gasteiger charge is 2.16. The molecule has 6 nitrogen and oxygen atoms in total. The van der Waals surface area contributed by atoms with Gasteiger partial charge in [-0.05, 0) is 19.4 Å². The summed E-state index contributed by atoms with van der Waals surface area (Å²) in [4.78, 5) is 18.7. The topological polar surface area (TPSA) is 98.9 Å². The Balaban J connectivity index is 2.93. The van der Waals surface area contributed by atoms with E-state index in [1.165, 1.54) is 6.07 Å². The number of nitrogens with zero attached hydrogens (tertiary/aromatic N) is 3. The van der Waals surface area contributed by atoms with Crippen molar-refractivity contribution in [2.24, 2.45) is 0 Å². The molecule has 0 bridgehead atoms. The summed E-state index contributed by atoms with van der Waals surface area (Å²) in [7, 11) is 0. The molecule has 6 heteroatoms. The Hall–Kier alpha value is -2.16. The van der Waals surface area contributed by atoms with E-state index in [0.717, 1.165) is 0 Å². The molecule has 1 unspecified atom stereocenters. The average Bonchev–Trinajstić information content (AvgIpc) is 2.24. The number of carboxylic acid groups (broad SMARTS) is 1. The van der Waals surface area contributed by atoms with E-state index in [1.54, 1.807) is 13.8 Å². The van der Waals surface area contributed by atoms with Crippen molar-refractivity contribution in [2.75, 3.05) is 5.32 Å². The molecule has 1 aromatic rings. The summed E-state index contributed by atoms with van der Waals surface area (Å²) in [5.41, 5.74) is 0.838. The molecule has 0 aliphatic rings. The van der Waals surface area contributed by atoms with Crippen molar-refractivity contribution in [2.45, 2.75) is 26.3 Å². The first kappa shape index (κ1) is 11.9. The number of aromatic nitrogens is 2. The maximum absolute atomic E-state index is 10.8. The molecule has 1 heterocycles. The van der Waals surface area contributed by atoms with E-state index in [4.69, 9.17) is 10.4 Å². The zero-order valence-corrected chi connectivity index (χ0v) is 9.06. The zero-order valence-electron chi connectivity index (χ0n) is 9.06. The Morgan fingerprint density at radius 2 is 2.38 bits per heavy atom. The second kappa shape index (κ2) is 5.07. The van der Waals surface area contributed by atoms with Crippen molar-refractivity contribution in [1.82, 2.24) is 9.97 Å². The van der Waals surface area contributed by atoms with Crippen LogP contribution in [-0.2, 0) is 4.79 Å². The summed E-state index contributed by atoms with van der Waals surface area (Å²) in [6.45, 7) is 3.46. The van der Waals surface area contributed by atoms with Crippen LogP contribution in [0.25, 0.3) is 0 Å². The average molecular weight is 220 g/mol. The third-order valence-electron chi connectivity index (χ3n) is 1.98. The van der Waals surface area contributed by atoms with Crippen molar-refractivity contribution < 1.29 is 9.90 Å². The predicted molar refractivity (Wildman–Crippen MR) is 56.8 cm³/mol. The molecule has 0 aliphatic carbocycles. The molecule has 1 rings (SSSR count). The maximum atomic E-state index is 10.8. The van der Waals surface area contributed by atoms with Crippen LogP contribution < -0.4 is 5.32 Å². The van der Waals surface area contributed by atoms with Gasteiger partial charge in [-0.25, -0.2) is 14.8 Å². The molecule has 2 N–H and O–H groups in total. The highest BCUT2D eigenvalue weighted by Crippen LogP contribution is 2.07. The van der Waals surface area contributed by atoms with Gasteiger partial charge in [0, 0.05) is 5.69 Å². The molecule has 0 spiro atoms. The van der Waals surface area contributed by atoms with Crippen LogP contribution in [0.5, 0.6) is 0 Å². The van der Waals surface area contributed by atoms with Gasteiger partial charge in [-0.2, -0.15) is 5.26 Å². The quantitative estimate of drug-likeness (QED) is 0.783. The largest absolute Gasteiger partial charge is 0.480 e. The second-order valence-corrected chi connectivity index (χ2v) is 3.27. The Kier molecular flexibility index (Phi) is 3.78. The van der Waals surface area contributed by atoms with Crippen LogP contribution in [0.15, 0.2) is 6.07 Å². The van der Waals surface area contributed by atoms with E-state index in [2.05, 4.69) is 15.3 Å².